The summed E-state index contributed by atoms with van der Waals surface area (Å²) in [4.78, 5) is 13.2. The zero-order chi connectivity index (χ0) is 23.2. The van der Waals surface area contributed by atoms with Crippen LogP contribution in [0.15, 0.2) is 12.2 Å². The Labute approximate surface area is 241 Å². The SMILES string of the molecule is CCCCCCCC/C=C/CCCCCCCCCCCC(=O)N(C)CCS(=O)(=O)[O-].[K+]. The molecule has 0 aromatic heterocycles. The molecule has 0 saturated carbocycles. The van der Waals surface area contributed by atoms with Crippen molar-refractivity contribution >= 4 is 16.0 Å². The molecular weight excluding hydrogens is 449 g/mol. The van der Waals surface area contributed by atoms with Crippen LogP contribution in [0.2, 0.25) is 0 Å². The first kappa shape index (κ1) is 34.9. The summed E-state index contributed by atoms with van der Waals surface area (Å²) < 4.78 is 31.8. The summed E-state index contributed by atoms with van der Waals surface area (Å²) in [6, 6.07) is 0. The molecule has 0 saturated heterocycles. The summed E-state index contributed by atoms with van der Waals surface area (Å²) in [6.45, 7) is 2.25. The Hall–Kier alpha value is 0.756. The van der Waals surface area contributed by atoms with Crippen molar-refractivity contribution in [1.82, 2.24) is 4.90 Å². The predicted octanol–water partition coefficient (Wildman–Crippen LogP) is 3.59. The van der Waals surface area contributed by atoms with Gasteiger partial charge < -0.3 is 9.45 Å². The van der Waals surface area contributed by atoms with E-state index in [9.17, 15) is 17.8 Å². The average Bonchev–Trinajstić information content (AvgIpc) is 2.72. The van der Waals surface area contributed by atoms with Crippen LogP contribution in [0.4, 0.5) is 0 Å². The molecule has 184 valence electrons. The normalized spacial score (nSPS) is 11.6. The van der Waals surface area contributed by atoms with Crippen LogP contribution in [0.1, 0.15) is 122 Å². The standard InChI is InChI=1S/C25H49NO4S.K/c1-3-4-5-6-7-8-9-10-11-12-13-14-15-16-17-18-19-20-21-22-25(27)26(2)23-24-31(28,29)30;/h10-11H,3-9,12-24H2,1-2H3,(H,28,29,30);/q;+1/p-1/b11-10+;. The van der Waals surface area contributed by atoms with Crippen LogP contribution in [0, 0.1) is 0 Å². The molecule has 0 atom stereocenters. The van der Waals surface area contributed by atoms with Crippen molar-refractivity contribution in [2.45, 2.75) is 122 Å². The van der Waals surface area contributed by atoms with Gasteiger partial charge >= 0.3 is 51.4 Å². The molecule has 7 heteroatoms. The van der Waals surface area contributed by atoms with E-state index in [1.54, 1.807) is 7.05 Å². The topological polar surface area (TPSA) is 77.5 Å². The Bertz CT molecular complexity index is 552. The number of nitrogens with zero attached hydrogens (tertiary/aromatic N) is 1. The van der Waals surface area contributed by atoms with Crippen LogP contribution in [-0.4, -0.2) is 43.1 Å². The predicted molar refractivity (Wildman–Crippen MR) is 130 cm³/mol. The number of hydrogen-bond acceptors (Lipinski definition) is 4. The third-order valence-corrected chi connectivity index (χ3v) is 6.44. The molecule has 0 N–H and O–H groups in total. The van der Waals surface area contributed by atoms with E-state index in [0.717, 1.165) is 19.3 Å². The molecule has 0 heterocycles. The van der Waals surface area contributed by atoms with Gasteiger partial charge in [-0.3, -0.25) is 4.79 Å². The van der Waals surface area contributed by atoms with Gasteiger partial charge in [0.1, 0.15) is 0 Å². The van der Waals surface area contributed by atoms with Crippen molar-refractivity contribution < 1.29 is 69.1 Å². The van der Waals surface area contributed by atoms with E-state index in [-0.39, 0.29) is 63.8 Å². The summed E-state index contributed by atoms with van der Waals surface area (Å²) in [7, 11) is -2.70. The second-order valence-corrected chi connectivity index (χ2v) is 10.3. The van der Waals surface area contributed by atoms with Gasteiger partial charge in [0.05, 0.1) is 15.9 Å². The Morgan fingerprint density at radius 3 is 1.59 bits per heavy atom. The first-order chi connectivity index (χ1) is 14.9. The van der Waals surface area contributed by atoms with Crippen molar-refractivity contribution in [3.8, 4) is 0 Å². The zero-order valence-corrected chi connectivity index (χ0v) is 25.2. The molecule has 0 aromatic carbocycles. The van der Waals surface area contributed by atoms with E-state index in [4.69, 9.17) is 0 Å². The Balaban J connectivity index is 0. The van der Waals surface area contributed by atoms with Crippen LogP contribution >= 0.6 is 0 Å². The fourth-order valence-corrected chi connectivity index (χ4v) is 4.12. The molecule has 1 amide bonds. The van der Waals surface area contributed by atoms with Gasteiger partial charge in [-0.25, -0.2) is 8.42 Å². The van der Waals surface area contributed by atoms with Crippen molar-refractivity contribution in [3.63, 3.8) is 0 Å². The van der Waals surface area contributed by atoms with Gasteiger partial charge in [0, 0.05) is 20.0 Å². The van der Waals surface area contributed by atoms with E-state index < -0.39 is 15.9 Å². The number of hydrogen-bond donors (Lipinski definition) is 0. The molecule has 0 aromatic rings. The Kier molecular flexibility index (Phi) is 27.1. The van der Waals surface area contributed by atoms with Crippen LogP contribution in [0.25, 0.3) is 0 Å². The third kappa shape index (κ3) is 27.0. The smallest absolute Gasteiger partial charge is 0.748 e. The molecule has 0 rings (SSSR count). The quantitative estimate of drug-likeness (QED) is 0.0991. The minimum absolute atomic E-state index is 0. The molecule has 0 radical (unpaired) electrons. The maximum Gasteiger partial charge on any atom is 1.00 e. The molecule has 0 unspecified atom stereocenters. The molecule has 32 heavy (non-hydrogen) atoms. The average molecular weight is 498 g/mol. The fourth-order valence-electron chi connectivity index (χ4n) is 3.62. The Morgan fingerprint density at radius 2 is 1.16 bits per heavy atom. The van der Waals surface area contributed by atoms with E-state index in [1.165, 1.54) is 94.8 Å². The largest absolute Gasteiger partial charge is 1.00 e. The monoisotopic (exact) mass is 497 g/mol. The van der Waals surface area contributed by atoms with Crippen LogP contribution in [0.3, 0.4) is 0 Å². The van der Waals surface area contributed by atoms with E-state index in [1.807, 2.05) is 0 Å². The van der Waals surface area contributed by atoms with E-state index in [2.05, 4.69) is 19.1 Å². The van der Waals surface area contributed by atoms with Gasteiger partial charge in [0.15, 0.2) is 0 Å². The van der Waals surface area contributed by atoms with E-state index >= 15 is 0 Å². The van der Waals surface area contributed by atoms with Gasteiger partial charge in [-0.15, -0.1) is 0 Å². The van der Waals surface area contributed by atoms with Crippen molar-refractivity contribution in [3.05, 3.63) is 12.2 Å². The van der Waals surface area contributed by atoms with Gasteiger partial charge in [0.2, 0.25) is 5.91 Å². The van der Waals surface area contributed by atoms with Gasteiger partial charge in [-0.05, 0) is 32.1 Å². The molecule has 0 aliphatic heterocycles. The Morgan fingerprint density at radius 1 is 0.750 bits per heavy atom. The number of carbonyl (C=O) groups excluding carboxylic acids is 1. The molecule has 0 fully saturated rings. The number of amides is 1. The van der Waals surface area contributed by atoms with Crippen molar-refractivity contribution in [2.75, 3.05) is 19.3 Å². The summed E-state index contributed by atoms with van der Waals surface area (Å²) >= 11 is 0. The molecule has 5 nitrogen and oxygen atoms in total. The van der Waals surface area contributed by atoms with Crippen LogP contribution in [-0.2, 0) is 14.9 Å². The maximum atomic E-state index is 11.9. The fraction of sp³-hybridized carbons (Fsp3) is 0.880. The molecule has 0 aliphatic carbocycles. The molecule has 0 aliphatic rings. The number of unbranched alkanes of at least 4 members (excludes halogenated alkanes) is 15. The third-order valence-electron chi connectivity index (χ3n) is 5.75. The van der Waals surface area contributed by atoms with Gasteiger partial charge in [-0.2, -0.15) is 0 Å². The minimum atomic E-state index is -4.25. The van der Waals surface area contributed by atoms with Crippen LogP contribution in [0.5, 0.6) is 0 Å². The van der Waals surface area contributed by atoms with Gasteiger partial charge in [-0.1, -0.05) is 96.1 Å². The first-order valence-corrected chi connectivity index (χ1v) is 14.3. The number of rotatable bonds is 22. The molecule has 0 spiro atoms. The van der Waals surface area contributed by atoms with Crippen molar-refractivity contribution in [2.24, 2.45) is 0 Å². The molecular formula is C25H48KNO4S. The summed E-state index contributed by atoms with van der Waals surface area (Å²) in [5.41, 5.74) is 0. The minimum Gasteiger partial charge on any atom is -0.748 e. The summed E-state index contributed by atoms with van der Waals surface area (Å²) in [5.74, 6) is -0.588. The van der Waals surface area contributed by atoms with Crippen molar-refractivity contribution in [1.29, 1.82) is 0 Å². The van der Waals surface area contributed by atoms with Crippen LogP contribution < -0.4 is 51.4 Å². The number of carbonyl (C=O) groups is 1. The summed E-state index contributed by atoms with van der Waals surface area (Å²) in [6.07, 6.45) is 26.6. The first-order valence-electron chi connectivity index (χ1n) is 12.7. The molecule has 0 bridgehead atoms. The van der Waals surface area contributed by atoms with Gasteiger partial charge in [0.25, 0.3) is 0 Å². The summed E-state index contributed by atoms with van der Waals surface area (Å²) in [5, 5.41) is 0. The zero-order valence-electron chi connectivity index (χ0n) is 21.3. The second kappa shape index (κ2) is 24.9. The second-order valence-electron chi connectivity index (χ2n) is 8.83. The van der Waals surface area contributed by atoms with E-state index in [0.29, 0.717) is 6.42 Å². The maximum absolute atomic E-state index is 11.9. The number of allylic oxidation sites excluding steroid dienone is 2.